The number of halogens is 2. The first-order valence-corrected chi connectivity index (χ1v) is 9.06. The molecule has 1 aromatic rings. The van der Waals surface area contributed by atoms with Crippen LogP contribution >= 0.6 is 12.4 Å². The molecule has 2 N–H and O–H groups in total. The fourth-order valence-corrected chi connectivity index (χ4v) is 3.03. The van der Waals surface area contributed by atoms with Crippen LogP contribution < -0.4 is 15.4 Å². The van der Waals surface area contributed by atoms with Crippen molar-refractivity contribution in [1.82, 2.24) is 9.29 Å². The summed E-state index contributed by atoms with van der Waals surface area (Å²) >= 11 is 0. The van der Waals surface area contributed by atoms with Gasteiger partial charge in [-0.2, -0.15) is 4.31 Å². The Morgan fingerprint density at radius 1 is 1.38 bits per heavy atom. The zero-order valence-corrected chi connectivity index (χ0v) is 15.0. The van der Waals surface area contributed by atoms with Crippen LogP contribution in [0.5, 0.6) is 5.75 Å². The van der Waals surface area contributed by atoms with Gasteiger partial charge in [0.2, 0.25) is 10.0 Å². The van der Waals surface area contributed by atoms with E-state index in [1.165, 1.54) is 10.6 Å². The lowest BCUT2D eigenvalue weighted by Crippen LogP contribution is -2.48. The van der Waals surface area contributed by atoms with Crippen LogP contribution in [-0.4, -0.2) is 63.3 Å². The van der Waals surface area contributed by atoms with Gasteiger partial charge in [0.1, 0.15) is 18.2 Å². The minimum Gasteiger partial charge on any atom is -0.487 e. The number of piperazine rings is 1. The number of rotatable bonds is 6. The number of hydrogen-bond acceptors (Lipinski definition) is 6. The van der Waals surface area contributed by atoms with Gasteiger partial charge in [-0.15, -0.1) is 12.4 Å². The average Bonchev–Trinajstić information content (AvgIpc) is 2.56. The van der Waals surface area contributed by atoms with Gasteiger partial charge in [0.05, 0.1) is 18.8 Å². The fraction of sp³-hybridized carbons (Fsp3) is 0.500. The molecule has 0 bridgehead atoms. The second-order valence-corrected chi connectivity index (χ2v) is 7.24. The maximum absolute atomic E-state index is 12.4. The van der Waals surface area contributed by atoms with Crippen molar-refractivity contribution < 1.29 is 17.5 Å². The summed E-state index contributed by atoms with van der Waals surface area (Å²) in [4.78, 5) is 6.32. The molecule has 0 radical (unpaired) electrons. The maximum Gasteiger partial charge on any atom is 0.211 e. The third-order valence-corrected chi connectivity index (χ3v) is 4.90. The van der Waals surface area contributed by atoms with Crippen molar-refractivity contribution in [2.24, 2.45) is 5.73 Å². The first-order valence-electron chi connectivity index (χ1n) is 7.21. The number of nitrogens with zero attached hydrogens (tertiary/aromatic N) is 3. The van der Waals surface area contributed by atoms with Crippen molar-refractivity contribution in [3.05, 3.63) is 30.2 Å². The summed E-state index contributed by atoms with van der Waals surface area (Å²) in [7, 11) is -3.14. The molecule has 0 amide bonds. The first-order chi connectivity index (χ1) is 10.9. The quantitative estimate of drug-likeness (QED) is 0.784. The number of pyridine rings is 1. The van der Waals surface area contributed by atoms with Gasteiger partial charge in [0, 0.05) is 38.3 Å². The van der Waals surface area contributed by atoms with Gasteiger partial charge in [-0.1, -0.05) is 0 Å². The first kappa shape index (κ1) is 20.6. The average molecular weight is 381 g/mol. The molecule has 24 heavy (non-hydrogen) atoms. The van der Waals surface area contributed by atoms with Gasteiger partial charge < -0.3 is 15.4 Å². The van der Waals surface area contributed by atoms with E-state index < -0.39 is 10.0 Å². The molecule has 1 saturated heterocycles. The van der Waals surface area contributed by atoms with Crippen molar-refractivity contribution >= 4 is 28.2 Å². The molecule has 1 aliphatic rings. The molecule has 136 valence electrons. The van der Waals surface area contributed by atoms with Crippen LogP contribution in [0, 0.1) is 0 Å². The summed E-state index contributed by atoms with van der Waals surface area (Å²) in [5.74, 6) is 1.28. The van der Waals surface area contributed by atoms with Crippen molar-refractivity contribution in [2.75, 3.05) is 50.5 Å². The molecular weight excluding hydrogens is 359 g/mol. The number of hydrogen-bond donors (Lipinski definition) is 1. The normalized spacial score (nSPS) is 16.6. The molecule has 1 aromatic heterocycles. The molecule has 0 aromatic carbocycles. The lowest BCUT2D eigenvalue weighted by Gasteiger charge is -2.33. The van der Waals surface area contributed by atoms with Gasteiger partial charge in [-0.25, -0.2) is 17.8 Å². The standard InChI is InChI=1S/C14H21FN4O3S.ClH/c1-23(20,21)19-6-4-18(5-7-19)14-3-2-13(10-17-14)22-11-12(8-15)9-16;/h2-3,8,10H,4-7,9,11,16H2,1H3;1H/b12-8-;. The van der Waals surface area contributed by atoms with E-state index >= 15 is 0 Å². The molecule has 0 aliphatic carbocycles. The van der Waals surface area contributed by atoms with Crippen LogP contribution in [0.4, 0.5) is 10.2 Å². The van der Waals surface area contributed by atoms with Gasteiger partial charge >= 0.3 is 0 Å². The maximum atomic E-state index is 12.4. The number of ether oxygens (including phenoxy) is 1. The molecule has 0 unspecified atom stereocenters. The Morgan fingerprint density at radius 2 is 2.04 bits per heavy atom. The van der Waals surface area contributed by atoms with Crippen LogP contribution in [0.3, 0.4) is 0 Å². The summed E-state index contributed by atoms with van der Waals surface area (Å²) in [5.41, 5.74) is 5.72. The molecule has 1 fully saturated rings. The fourth-order valence-electron chi connectivity index (χ4n) is 2.20. The Hall–Kier alpha value is -1.42. The smallest absolute Gasteiger partial charge is 0.211 e. The van der Waals surface area contributed by atoms with Gasteiger partial charge in [0.15, 0.2) is 0 Å². The molecule has 0 atom stereocenters. The zero-order chi connectivity index (χ0) is 16.9. The van der Waals surface area contributed by atoms with Crippen LogP contribution in [0.25, 0.3) is 0 Å². The Bertz CT molecular complexity index is 646. The Kier molecular flexibility index (Phi) is 7.88. The molecule has 2 heterocycles. The molecule has 0 saturated carbocycles. The Balaban J connectivity index is 0.00000288. The number of anilines is 1. The highest BCUT2D eigenvalue weighted by Gasteiger charge is 2.23. The molecular formula is C14H22ClFN4O3S. The van der Waals surface area contributed by atoms with Crippen molar-refractivity contribution in [2.45, 2.75) is 0 Å². The van der Waals surface area contributed by atoms with E-state index in [1.54, 1.807) is 18.3 Å². The van der Waals surface area contributed by atoms with E-state index in [0.29, 0.717) is 43.8 Å². The van der Waals surface area contributed by atoms with E-state index in [2.05, 4.69) is 4.98 Å². The van der Waals surface area contributed by atoms with Crippen LogP contribution in [0.2, 0.25) is 0 Å². The SMILES string of the molecule is CS(=O)(=O)N1CCN(c2ccc(OC/C(=C\F)CN)cn2)CC1.Cl. The van der Waals surface area contributed by atoms with E-state index in [9.17, 15) is 12.8 Å². The third-order valence-electron chi connectivity index (χ3n) is 3.59. The Labute approximate surface area is 147 Å². The molecule has 0 spiro atoms. The number of nitrogens with two attached hydrogens (primary N) is 1. The highest BCUT2D eigenvalue weighted by Crippen LogP contribution is 2.18. The van der Waals surface area contributed by atoms with E-state index in [1.807, 2.05) is 4.90 Å². The summed E-state index contributed by atoms with van der Waals surface area (Å²) < 4.78 is 42.2. The van der Waals surface area contributed by atoms with Gasteiger partial charge in [-0.3, -0.25) is 0 Å². The third kappa shape index (κ3) is 5.59. The summed E-state index contributed by atoms with van der Waals surface area (Å²) in [6, 6.07) is 3.55. The minimum absolute atomic E-state index is 0. The highest BCUT2D eigenvalue weighted by atomic mass is 35.5. The topological polar surface area (TPSA) is 88.8 Å². The summed E-state index contributed by atoms with van der Waals surface area (Å²) in [6.45, 7) is 2.25. The summed E-state index contributed by atoms with van der Waals surface area (Å²) in [6.07, 6.45) is 3.22. The minimum atomic E-state index is -3.14. The lowest BCUT2D eigenvalue weighted by atomic mass is 10.3. The van der Waals surface area contributed by atoms with Crippen molar-refractivity contribution in [3.63, 3.8) is 0 Å². The van der Waals surface area contributed by atoms with Crippen LogP contribution in [0.1, 0.15) is 0 Å². The molecule has 2 rings (SSSR count). The largest absolute Gasteiger partial charge is 0.487 e. The van der Waals surface area contributed by atoms with Crippen LogP contribution in [-0.2, 0) is 10.0 Å². The van der Waals surface area contributed by atoms with E-state index in [4.69, 9.17) is 10.5 Å². The zero-order valence-electron chi connectivity index (χ0n) is 13.4. The molecule has 7 nitrogen and oxygen atoms in total. The Morgan fingerprint density at radius 3 is 2.50 bits per heavy atom. The van der Waals surface area contributed by atoms with Crippen molar-refractivity contribution in [1.29, 1.82) is 0 Å². The van der Waals surface area contributed by atoms with E-state index in [-0.39, 0.29) is 25.6 Å². The second-order valence-electron chi connectivity index (χ2n) is 5.26. The molecule has 1 aliphatic heterocycles. The van der Waals surface area contributed by atoms with Gasteiger partial charge in [0.25, 0.3) is 0 Å². The monoisotopic (exact) mass is 380 g/mol. The van der Waals surface area contributed by atoms with E-state index in [0.717, 1.165) is 5.82 Å². The second kappa shape index (κ2) is 9.16. The number of aromatic nitrogens is 1. The number of sulfonamides is 1. The van der Waals surface area contributed by atoms with Crippen LogP contribution in [0.15, 0.2) is 30.2 Å². The predicted octanol–water partition coefficient (Wildman–Crippen LogP) is 0.776. The molecule has 10 heteroatoms. The lowest BCUT2D eigenvalue weighted by molar-refractivity contribution is 0.346. The summed E-state index contributed by atoms with van der Waals surface area (Å²) in [5, 5.41) is 0. The predicted molar refractivity (Wildman–Crippen MR) is 93.9 cm³/mol. The van der Waals surface area contributed by atoms with Crippen molar-refractivity contribution in [3.8, 4) is 5.75 Å². The highest BCUT2D eigenvalue weighted by molar-refractivity contribution is 7.88. The van der Waals surface area contributed by atoms with Gasteiger partial charge in [-0.05, 0) is 12.1 Å².